The van der Waals surface area contributed by atoms with E-state index in [1.165, 1.54) is 11.0 Å². The number of carbonyl (C=O) groups is 5. The van der Waals surface area contributed by atoms with Crippen LogP contribution in [-0.4, -0.2) is 85.6 Å². The van der Waals surface area contributed by atoms with Crippen LogP contribution in [-0.2, 0) is 29.0 Å². The molecule has 254 valence electrons. The third-order valence-electron chi connectivity index (χ3n) is 9.15. The van der Waals surface area contributed by atoms with Crippen molar-refractivity contribution < 1.29 is 32.4 Å². The standard InChI is InChI=1S/C33H49N5O7S/c1-9-11-15-22(25(39)28(41)34-18-10-2)35-27(40)24-23-21(32(23,6)7)19-38(24)29(42)26(31(3,4)5)36-30(43)37-33(20-46(8,44)45)16-13-12-14-17-33/h1,10,21-22,26H,2,11-20H2,3-8H3,(H,34,41)(H,35,40)(H2,36,37,43)/t21?,22?,26-/m1/s1. The topological polar surface area (TPSA) is 171 Å². The summed E-state index contributed by atoms with van der Waals surface area (Å²) in [6, 6.07) is -2.96. The minimum atomic E-state index is -3.41. The van der Waals surface area contributed by atoms with E-state index in [-0.39, 0.29) is 48.7 Å². The van der Waals surface area contributed by atoms with Crippen LogP contribution in [0.3, 0.4) is 0 Å². The Bertz CT molecular complexity index is 1440. The van der Waals surface area contributed by atoms with Gasteiger partial charge < -0.3 is 26.2 Å². The Kier molecular flexibility index (Phi) is 11.2. The molecule has 0 aromatic carbocycles. The molecular formula is C33H49N5O7S. The van der Waals surface area contributed by atoms with Gasteiger partial charge in [-0.15, -0.1) is 18.9 Å². The molecule has 1 heterocycles. The number of Topliss-reactive ketones (excluding diaryl/α,β-unsaturated/α-hetero) is 1. The first-order valence-electron chi connectivity index (χ1n) is 15.8. The molecule has 46 heavy (non-hydrogen) atoms. The molecule has 4 N–H and O–H groups in total. The summed E-state index contributed by atoms with van der Waals surface area (Å²) in [5, 5.41) is 10.8. The number of hydrogen-bond donors (Lipinski definition) is 4. The minimum absolute atomic E-state index is 0.0214. The lowest BCUT2D eigenvalue weighted by Crippen LogP contribution is -2.62. The third-order valence-corrected chi connectivity index (χ3v) is 10.2. The normalized spacial score (nSPS) is 21.2. The van der Waals surface area contributed by atoms with Gasteiger partial charge in [-0.05, 0) is 35.7 Å². The van der Waals surface area contributed by atoms with Gasteiger partial charge in [0, 0.05) is 31.7 Å². The quantitative estimate of drug-likeness (QED) is 0.133. The molecule has 0 aromatic heterocycles. The van der Waals surface area contributed by atoms with E-state index in [4.69, 9.17) is 6.42 Å². The summed E-state index contributed by atoms with van der Waals surface area (Å²) in [6.45, 7) is 13.1. The molecule has 1 aliphatic heterocycles. The van der Waals surface area contributed by atoms with Crippen LogP contribution in [0.5, 0.6) is 0 Å². The lowest BCUT2D eigenvalue weighted by molar-refractivity contribution is -0.140. The summed E-state index contributed by atoms with van der Waals surface area (Å²) in [7, 11) is -3.41. The van der Waals surface area contributed by atoms with Crippen LogP contribution in [0, 0.1) is 29.1 Å². The van der Waals surface area contributed by atoms with E-state index < -0.39 is 62.4 Å². The molecule has 13 heteroatoms. The highest BCUT2D eigenvalue weighted by atomic mass is 32.2. The molecule has 0 spiro atoms. The van der Waals surface area contributed by atoms with Gasteiger partial charge in [-0.2, -0.15) is 0 Å². The molecule has 0 saturated heterocycles. The van der Waals surface area contributed by atoms with Gasteiger partial charge in [0.15, 0.2) is 0 Å². The van der Waals surface area contributed by atoms with Gasteiger partial charge in [-0.25, -0.2) is 13.2 Å². The third kappa shape index (κ3) is 8.57. The number of nitrogens with one attached hydrogen (secondary N) is 4. The highest BCUT2D eigenvalue weighted by molar-refractivity contribution is 7.90. The molecule has 3 rings (SSSR count). The first kappa shape index (κ1) is 36.8. The molecule has 3 atom stereocenters. The Morgan fingerprint density at radius 2 is 1.74 bits per heavy atom. The second-order valence-corrected chi connectivity index (χ2v) is 16.6. The molecular weight excluding hydrogens is 610 g/mol. The smallest absolute Gasteiger partial charge is 0.315 e. The zero-order valence-electron chi connectivity index (χ0n) is 27.9. The van der Waals surface area contributed by atoms with Crippen molar-refractivity contribution >= 4 is 39.4 Å². The molecule has 5 amide bonds. The van der Waals surface area contributed by atoms with E-state index in [9.17, 15) is 32.4 Å². The van der Waals surface area contributed by atoms with Crippen LogP contribution < -0.4 is 21.3 Å². The zero-order chi connectivity index (χ0) is 34.7. The molecule has 0 radical (unpaired) electrons. The predicted octanol–water partition coefficient (Wildman–Crippen LogP) is 1.97. The van der Waals surface area contributed by atoms with Gasteiger partial charge in [0.25, 0.3) is 11.8 Å². The minimum Gasteiger partial charge on any atom is -0.346 e. The maximum Gasteiger partial charge on any atom is 0.315 e. The number of ketones is 1. The van der Waals surface area contributed by atoms with Crippen LogP contribution in [0.25, 0.3) is 0 Å². The van der Waals surface area contributed by atoms with Gasteiger partial charge in [-0.3, -0.25) is 19.2 Å². The summed E-state index contributed by atoms with van der Waals surface area (Å²) < 4.78 is 24.5. The van der Waals surface area contributed by atoms with Crippen molar-refractivity contribution in [1.82, 2.24) is 26.2 Å². The average Bonchev–Trinajstić information content (AvgIpc) is 3.26. The van der Waals surface area contributed by atoms with E-state index in [0.29, 0.717) is 12.8 Å². The van der Waals surface area contributed by atoms with E-state index >= 15 is 0 Å². The first-order valence-corrected chi connectivity index (χ1v) is 17.8. The van der Waals surface area contributed by atoms with E-state index in [1.54, 1.807) is 20.8 Å². The molecule has 2 saturated carbocycles. The van der Waals surface area contributed by atoms with Crippen LogP contribution in [0.2, 0.25) is 0 Å². The molecule has 2 fully saturated rings. The van der Waals surface area contributed by atoms with Crippen molar-refractivity contribution in [3.63, 3.8) is 0 Å². The van der Waals surface area contributed by atoms with Crippen molar-refractivity contribution in [2.45, 2.75) is 97.2 Å². The van der Waals surface area contributed by atoms with Crippen molar-refractivity contribution in [2.24, 2.45) is 16.7 Å². The molecule has 2 unspecified atom stereocenters. The lowest BCUT2D eigenvalue weighted by atomic mass is 9.83. The number of amides is 5. The van der Waals surface area contributed by atoms with Crippen LogP contribution in [0.15, 0.2) is 23.9 Å². The van der Waals surface area contributed by atoms with Gasteiger partial charge in [0.05, 0.1) is 17.3 Å². The average molecular weight is 660 g/mol. The monoisotopic (exact) mass is 659 g/mol. The fourth-order valence-electron chi connectivity index (χ4n) is 6.67. The molecule has 3 aliphatic rings. The maximum atomic E-state index is 14.2. The second-order valence-electron chi connectivity index (χ2n) is 14.4. The molecule has 0 aromatic rings. The summed E-state index contributed by atoms with van der Waals surface area (Å²) in [5.41, 5.74) is -1.24. The van der Waals surface area contributed by atoms with Gasteiger partial charge in [0.2, 0.25) is 11.7 Å². The Morgan fingerprint density at radius 3 is 2.28 bits per heavy atom. The van der Waals surface area contributed by atoms with Crippen molar-refractivity contribution in [1.29, 1.82) is 0 Å². The van der Waals surface area contributed by atoms with Gasteiger partial charge >= 0.3 is 6.03 Å². The van der Waals surface area contributed by atoms with Crippen LogP contribution in [0.4, 0.5) is 4.79 Å². The van der Waals surface area contributed by atoms with Crippen LogP contribution in [0.1, 0.15) is 79.6 Å². The maximum absolute atomic E-state index is 14.2. The summed E-state index contributed by atoms with van der Waals surface area (Å²) in [4.78, 5) is 68.3. The highest BCUT2D eigenvalue weighted by Crippen LogP contribution is 2.63. The van der Waals surface area contributed by atoms with E-state index in [0.717, 1.165) is 31.1 Å². The number of fused-ring (bicyclic) bond motifs is 1. The van der Waals surface area contributed by atoms with Gasteiger partial charge in [-0.1, -0.05) is 60.0 Å². The highest BCUT2D eigenvalue weighted by Gasteiger charge is 2.62. The Morgan fingerprint density at radius 1 is 1.11 bits per heavy atom. The number of terminal acetylenes is 1. The van der Waals surface area contributed by atoms with E-state index in [2.05, 4.69) is 33.8 Å². The number of nitrogens with zero attached hydrogens (tertiary/aromatic N) is 1. The Labute approximate surface area is 272 Å². The summed E-state index contributed by atoms with van der Waals surface area (Å²) in [6.07, 6.45) is 11.6. The number of carbonyl (C=O) groups excluding carboxylic acids is 5. The zero-order valence-corrected chi connectivity index (χ0v) is 28.7. The Balaban J connectivity index is 1.87. The number of hydrogen-bond acceptors (Lipinski definition) is 7. The predicted molar refractivity (Wildman–Crippen MR) is 175 cm³/mol. The number of rotatable bonds is 13. The molecule has 12 nitrogen and oxygen atoms in total. The van der Waals surface area contributed by atoms with Gasteiger partial charge in [0.1, 0.15) is 21.6 Å². The molecule has 0 bridgehead atoms. The molecule has 2 aliphatic carbocycles. The van der Waals surface area contributed by atoms with Crippen molar-refractivity contribution in [3.8, 4) is 12.3 Å². The van der Waals surface area contributed by atoms with Crippen LogP contribution >= 0.6 is 0 Å². The second kappa shape index (κ2) is 14.0. The fraction of sp³-hybridized carbons (Fsp3) is 0.667. The summed E-state index contributed by atoms with van der Waals surface area (Å²) in [5.74, 6) is -0.831. The van der Waals surface area contributed by atoms with Crippen molar-refractivity contribution in [3.05, 3.63) is 23.9 Å². The van der Waals surface area contributed by atoms with Crippen molar-refractivity contribution in [2.75, 3.05) is 25.1 Å². The largest absolute Gasteiger partial charge is 0.346 e. The number of sulfone groups is 1. The summed E-state index contributed by atoms with van der Waals surface area (Å²) >= 11 is 0. The Hall–Kier alpha value is -3.66. The first-order chi connectivity index (χ1) is 21.3. The number of urea groups is 1. The SMILES string of the molecule is C#CCCC(NC(=O)C1=C2C(CN1C(=O)[C@@H](NC(=O)NC1(CS(C)(=O)=O)CCCCC1)C(C)(C)C)C2(C)C)C(=O)C(=O)NCC=C. The van der Waals surface area contributed by atoms with E-state index in [1.807, 2.05) is 13.8 Å². The lowest BCUT2D eigenvalue weighted by Gasteiger charge is -2.39. The fourth-order valence-corrected chi connectivity index (χ4v) is 8.04.